The fraction of sp³-hybridized carbons (Fsp3) is 0.421. The molecule has 0 spiro atoms. The number of nitrogens with zero attached hydrogens (tertiary/aromatic N) is 4. The molecule has 1 aromatic carbocycles. The van der Waals surface area contributed by atoms with Gasteiger partial charge in [-0.25, -0.2) is 28.1 Å². The van der Waals surface area contributed by atoms with Crippen molar-refractivity contribution in [2.45, 2.75) is 36.9 Å². The first-order valence-corrected chi connectivity index (χ1v) is 13.4. The Morgan fingerprint density at radius 1 is 1.35 bits per heavy atom. The number of sulfonamides is 1. The lowest BCUT2D eigenvalue weighted by atomic mass is 10.2. The van der Waals surface area contributed by atoms with Crippen LogP contribution in [0.15, 0.2) is 28.5 Å². The van der Waals surface area contributed by atoms with Crippen molar-refractivity contribution < 1.29 is 13.2 Å². The molecule has 166 valence electrons. The summed E-state index contributed by atoms with van der Waals surface area (Å²) in [4.78, 5) is 14.0. The van der Waals surface area contributed by atoms with Crippen molar-refractivity contribution in [2.24, 2.45) is 5.92 Å². The number of halogens is 1. The summed E-state index contributed by atoms with van der Waals surface area (Å²) in [5, 5.41) is 0.668. The Bertz CT molecular complexity index is 1230. The topological polar surface area (TPSA) is 125 Å². The van der Waals surface area contributed by atoms with Gasteiger partial charge in [0.05, 0.1) is 12.4 Å². The van der Waals surface area contributed by atoms with Crippen molar-refractivity contribution in [1.29, 1.82) is 0 Å². The van der Waals surface area contributed by atoms with Crippen molar-refractivity contribution in [3.8, 4) is 5.75 Å². The number of hydrogen-bond donors (Lipinski definition) is 2. The first-order chi connectivity index (χ1) is 14.7. The molecule has 0 fully saturated rings. The first kappa shape index (κ1) is 22.6. The predicted octanol–water partition coefficient (Wildman–Crippen LogP) is 2.67. The molecule has 12 heteroatoms. The lowest BCUT2D eigenvalue weighted by molar-refractivity contribution is 0.356. The lowest BCUT2D eigenvalue weighted by Crippen LogP contribution is -2.31. The van der Waals surface area contributed by atoms with Gasteiger partial charge in [-0.1, -0.05) is 25.6 Å². The summed E-state index contributed by atoms with van der Waals surface area (Å²) in [5.41, 5.74) is 8.30. The zero-order chi connectivity index (χ0) is 22.2. The zero-order valence-corrected chi connectivity index (χ0v) is 20.9. The van der Waals surface area contributed by atoms with Gasteiger partial charge in [-0.15, -0.1) is 0 Å². The molecule has 2 aromatic heterocycles. The average Bonchev–Trinajstić information content (AvgIpc) is 3.26. The van der Waals surface area contributed by atoms with Crippen LogP contribution in [0.25, 0.3) is 11.2 Å². The molecule has 1 aliphatic rings. The Kier molecular flexibility index (Phi) is 6.60. The Hall–Kier alpha value is -1.64. The van der Waals surface area contributed by atoms with Crippen LogP contribution in [0, 0.1) is 9.49 Å². The van der Waals surface area contributed by atoms with Crippen LogP contribution >= 0.6 is 34.4 Å². The van der Waals surface area contributed by atoms with Gasteiger partial charge in [0, 0.05) is 28.0 Å². The van der Waals surface area contributed by atoms with Crippen molar-refractivity contribution in [3.63, 3.8) is 0 Å². The number of aromatic nitrogens is 4. The van der Waals surface area contributed by atoms with E-state index in [9.17, 15) is 8.42 Å². The van der Waals surface area contributed by atoms with E-state index in [1.165, 1.54) is 23.7 Å². The molecule has 0 aliphatic carbocycles. The van der Waals surface area contributed by atoms with Gasteiger partial charge in [-0.2, -0.15) is 0 Å². The van der Waals surface area contributed by atoms with E-state index in [0.717, 1.165) is 20.6 Å². The van der Waals surface area contributed by atoms with Gasteiger partial charge in [0.25, 0.3) is 0 Å². The number of nitrogen functional groups attached to an aromatic ring is 1. The van der Waals surface area contributed by atoms with Gasteiger partial charge in [0.1, 0.15) is 12.1 Å². The van der Waals surface area contributed by atoms with E-state index in [1.807, 2.05) is 24.5 Å². The maximum Gasteiger partial charge on any atom is 0.211 e. The highest BCUT2D eigenvalue weighted by atomic mass is 127. The van der Waals surface area contributed by atoms with E-state index in [2.05, 4.69) is 48.3 Å². The van der Waals surface area contributed by atoms with E-state index in [0.29, 0.717) is 29.5 Å². The second-order valence-corrected chi connectivity index (χ2v) is 11.7. The number of hydrogen-bond acceptors (Lipinski definition) is 8. The van der Waals surface area contributed by atoms with Crippen molar-refractivity contribution in [2.75, 3.05) is 24.6 Å². The number of ether oxygens (including phenoxy) is 1. The summed E-state index contributed by atoms with van der Waals surface area (Å²) in [6.45, 7) is 5.03. The molecule has 3 N–H and O–H groups in total. The third-order valence-electron chi connectivity index (χ3n) is 4.68. The van der Waals surface area contributed by atoms with Gasteiger partial charge in [-0.3, -0.25) is 0 Å². The average molecular weight is 574 g/mol. The van der Waals surface area contributed by atoms with Gasteiger partial charge >= 0.3 is 0 Å². The van der Waals surface area contributed by atoms with Crippen LogP contribution in [-0.2, 0) is 23.0 Å². The van der Waals surface area contributed by atoms with Gasteiger partial charge in [-0.05, 0) is 46.2 Å². The van der Waals surface area contributed by atoms with Crippen LogP contribution in [-0.4, -0.2) is 46.8 Å². The Balaban J connectivity index is 1.64. The standard InChI is InChI=1S/C19H23IN6O3S2/c1-11(2)9-31(27,28)24-4-5-26-18-16(17(21)22-10-23-18)25-19(26)30-15-8-14-12(3-6-29-14)7-13(15)20/h7-8,10-11,24H,3-6,9H2,1-2H3,(H2,21,22,23). The van der Waals surface area contributed by atoms with Crippen LogP contribution in [0.2, 0.25) is 0 Å². The Morgan fingerprint density at radius 3 is 2.94 bits per heavy atom. The van der Waals surface area contributed by atoms with E-state index < -0.39 is 10.0 Å². The molecule has 1 aliphatic heterocycles. The molecule has 0 unspecified atom stereocenters. The summed E-state index contributed by atoms with van der Waals surface area (Å²) < 4.78 is 35.8. The predicted molar refractivity (Wildman–Crippen MR) is 129 cm³/mol. The third-order valence-corrected chi connectivity index (χ3v) is 8.74. The molecular weight excluding hydrogens is 551 g/mol. The van der Waals surface area contributed by atoms with Crippen molar-refractivity contribution in [1.82, 2.24) is 24.2 Å². The largest absolute Gasteiger partial charge is 0.493 e. The Labute approximate surface area is 198 Å². The van der Waals surface area contributed by atoms with Gasteiger partial charge in [0.2, 0.25) is 10.0 Å². The number of anilines is 1. The number of rotatable bonds is 8. The minimum Gasteiger partial charge on any atom is -0.493 e. The highest BCUT2D eigenvalue weighted by molar-refractivity contribution is 14.1. The van der Waals surface area contributed by atoms with Crippen molar-refractivity contribution in [3.05, 3.63) is 27.6 Å². The lowest BCUT2D eigenvalue weighted by Gasteiger charge is -2.12. The summed E-state index contributed by atoms with van der Waals surface area (Å²) in [5.74, 6) is 1.32. The molecular formula is C19H23IN6O3S2. The summed E-state index contributed by atoms with van der Waals surface area (Å²) in [7, 11) is -3.35. The number of nitrogens with one attached hydrogen (secondary N) is 1. The number of fused-ring (bicyclic) bond motifs is 2. The quantitative estimate of drug-likeness (QED) is 0.394. The highest BCUT2D eigenvalue weighted by Crippen LogP contribution is 2.38. The second kappa shape index (κ2) is 9.08. The van der Waals surface area contributed by atoms with E-state index in [4.69, 9.17) is 10.5 Å². The molecule has 31 heavy (non-hydrogen) atoms. The molecule has 0 saturated heterocycles. The fourth-order valence-electron chi connectivity index (χ4n) is 3.38. The highest BCUT2D eigenvalue weighted by Gasteiger charge is 2.20. The summed E-state index contributed by atoms with van der Waals surface area (Å²) in [6.07, 6.45) is 2.30. The maximum atomic E-state index is 12.2. The second-order valence-electron chi connectivity index (χ2n) is 7.64. The first-order valence-electron chi connectivity index (χ1n) is 9.80. The SMILES string of the molecule is CC(C)CS(=O)(=O)NCCn1c(Sc2cc3c(cc2I)CCO3)nc2c(N)ncnc21. The molecule has 3 aromatic rings. The van der Waals surface area contributed by atoms with Crippen LogP contribution < -0.4 is 15.2 Å². The monoisotopic (exact) mass is 574 g/mol. The maximum absolute atomic E-state index is 12.2. The fourth-order valence-corrected chi connectivity index (χ4v) is 6.58. The molecule has 4 rings (SSSR count). The third kappa shape index (κ3) is 5.07. The summed E-state index contributed by atoms with van der Waals surface area (Å²) >= 11 is 3.78. The molecule has 3 heterocycles. The van der Waals surface area contributed by atoms with Crippen LogP contribution in [0.3, 0.4) is 0 Å². The van der Waals surface area contributed by atoms with E-state index >= 15 is 0 Å². The molecule has 9 nitrogen and oxygen atoms in total. The number of imidazole rings is 1. The zero-order valence-electron chi connectivity index (χ0n) is 17.1. The van der Waals surface area contributed by atoms with Crippen LogP contribution in [0.4, 0.5) is 5.82 Å². The van der Waals surface area contributed by atoms with E-state index in [-0.39, 0.29) is 24.0 Å². The van der Waals surface area contributed by atoms with Crippen LogP contribution in [0.1, 0.15) is 19.4 Å². The number of benzene rings is 1. The Morgan fingerprint density at radius 2 is 2.16 bits per heavy atom. The molecule has 0 amide bonds. The molecule has 0 radical (unpaired) electrons. The van der Waals surface area contributed by atoms with Gasteiger partial charge in [0.15, 0.2) is 22.1 Å². The number of nitrogens with two attached hydrogens (primary N) is 1. The molecule has 0 bridgehead atoms. The van der Waals surface area contributed by atoms with E-state index in [1.54, 1.807) is 0 Å². The minimum absolute atomic E-state index is 0.0503. The smallest absolute Gasteiger partial charge is 0.211 e. The van der Waals surface area contributed by atoms with Gasteiger partial charge < -0.3 is 15.0 Å². The minimum atomic E-state index is -3.35. The van der Waals surface area contributed by atoms with Crippen LogP contribution in [0.5, 0.6) is 5.75 Å². The molecule has 0 atom stereocenters. The summed E-state index contributed by atoms with van der Waals surface area (Å²) in [6, 6.07) is 4.16. The molecule has 0 saturated carbocycles. The normalized spacial score (nSPS) is 13.7. The van der Waals surface area contributed by atoms with Crippen molar-refractivity contribution >= 4 is 61.4 Å².